The standard InChI is InChI=1S/C18H28N2OSi.C15H13BrClF3N2O3S/c1-12(2)22(13(3)4,14(5)6)20-9-8-16-17(11-21)15(7)10-19-18(16)20;1-9-5-13(14(16)21-7-9)22(8-25-2)26(23,24)10-3-4-12(17)11(6-10)15(18,19)20/h8-14H,1-7H3;3-7H,8H2,1-2H3. The molecule has 262 valence electrons. The van der Waals surface area contributed by atoms with Crippen LogP contribution in [0.4, 0.5) is 18.9 Å². The summed E-state index contributed by atoms with van der Waals surface area (Å²) in [7, 11) is -4.94. The number of hydrogen-bond donors (Lipinski definition) is 0. The van der Waals surface area contributed by atoms with E-state index >= 15 is 0 Å². The summed E-state index contributed by atoms with van der Waals surface area (Å²) in [4.78, 5) is 19.6. The van der Waals surface area contributed by atoms with Crippen molar-refractivity contribution in [3.05, 3.63) is 80.8 Å². The number of benzene rings is 1. The quantitative estimate of drug-likeness (QED) is 0.0688. The Balaban J connectivity index is 0.000000264. The molecule has 8 nitrogen and oxygen atoms in total. The Morgan fingerprint density at radius 2 is 1.62 bits per heavy atom. The predicted octanol–water partition coefficient (Wildman–Crippen LogP) is 9.80. The Morgan fingerprint density at radius 1 is 1.02 bits per heavy atom. The van der Waals surface area contributed by atoms with Gasteiger partial charge in [-0.15, -0.1) is 0 Å². The molecule has 0 aliphatic heterocycles. The fraction of sp³-hybridized carbons (Fsp3) is 0.424. The average Bonchev–Trinajstić information content (AvgIpc) is 3.40. The third kappa shape index (κ3) is 7.67. The minimum absolute atomic E-state index is 0.135. The fourth-order valence-corrected chi connectivity index (χ4v) is 15.3. The van der Waals surface area contributed by atoms with E-state index in [9.17, 15) is 26.4 Å². The SMILES string of the molecule is COCN(c1cc(C)cnc1Br)S(=O)(=O)c1ccc(Cl)c(C(F)(F)F)c1.Cc1cnc2c(ccn2[Si](C(C)C)(C(C)C)C(C)C)c1C=O. The number of sulfonamides is 1. The number of carbonyl (C=O) groups excluding carboxylic acids is 1. The van der Waals surface area contributed by atoms with Crippen molar-refractivity contribution in [3.63, 3.8) is 0 Å². The van der Waals surface area contributed by atoms with Gasteiger partial charge in [0.1, 0.15) is 17.0 Å². The number of carbonyl (C=O) groups is 1. The zero-order valence-electron chi connectivity index (χ0n) is 28.4. The molecular formula is C33H41BrClF3N4O4SSi. The van der Waals surface area contributed by atoms with Gasteiger partial charge in [0.15, 0.2) is 14.5 Å². The number of rotatable bonds is 10. The summed E-state index contributed by atoms with van der Waals surface area (Å²) in [5.41, 5.74) is 4.08. The van der Waals surface area contributed by atoms with E-state index in [1.165, 1.54) is 19.4 Å². The van der Waals surface area contributed by atoms with Gasteiger partial charge in [0.2, 0.25) is 0 Å². The van der Waals surface area contributed by atoms with Gasteiger partial charge in [0.05, 0.1) is 21.2 Å². The van der Waals surface area contributed by atoms with Crippen molar-refractivity contribution < 1.29 is 31.1 Å². The highest BCUT2D eigenvalue weighted by molar-refractivity contribution is 9.10. The Bertz CT molecular complexity index is 1860. The zero-order valence-corrected chi connectivity index (χ0v) is 32.5. The lowest BCUT2D eigenvalue weighted by Gasteiger charge is -2.44. The topological polar surface area (TPSA) is 94.4 Å². The Kier molecular flexibility index (Phi) is 12.7. The maximum atomic E-state index is 13.1. The monoisotopic (exact) mass is 788 g/mol. The van der Waals surface area contributed by atoms with Crippen molar-refractivity contribution in [1.29, 1.82) is 0 Å². The number of hydrogen-bond acceptors (Lipinski definition) is 6. The molecule has 0 aliphatic carbocycles. The second-order valence-corrected chi connectivity index (χ2v) is 21.2. The predicted molar refractivity (Wildman–Crippen MR) is 191 cm³/mol. The highest BCUT2D eigenvalue weighted by atomic mass is 79.9. The molecule has 0 fully saturated rings. The van der Waals surface area contributed by atoms with Gasteiger partial charge in [-0.05, 0) is 94.1 Å². The van der Waals surface area contributed by atoms with E-state index in [0.29, 0.717) is 28.3 Å². The summed E-state index contributed by atoms with van der Waals surface area (Å²) in [5.74, 6) is 0. The number of aryl methyl sites for hydroxylation is 2. The van der Waals surface area contributed by atoms with Crippen molar-refractivity contribution in [3.8, 4) is 0 Å². The second kappa shape index (κ2) is 15.4. The molecule has 0 N–H and O–H groups in total. The number of anilines is 1. The van der Waals surface area contributed by atoms with Crippen LogP contribution in [0.15, 0.2) is 58.4 Å². The number of nitrogens with zero attached hydrogens (tertiary/aromatic N) is 4. The van der Waals surface area contributed by atoms with Crippen LogP contribution in [0.5, 0.6) is 0 Å². The first-order valence-corrected chi connectivity index (χ1v) is 20.0. The van der Waals surface area contributed by atoms with Crippen molar-refractivity contribution in [2.45, 2.75) is 83.1 Å². The third-order valence-electron chi connectivity index (χ3n) is 8.57. The minimum atomic E-state index is -4.79. The molecule has 1 aromatic carbocycles. The number of aromatic nitrogens is 3. The van der Waals surface area contributed by atoms with Crippen molar-refractivity contribution in [1.82, 2.24) is 14.2 Å². The van der Waals surface area contributed by atoms with Crippen molar-refractivity contribution in [2.75, 3.05) is 18.1 Å². The molecule has 0 unspecified atom stereocenters. The first-order chi connectivity index (χ1) is 22.3. The van der Waals surface area contributed by atoms with Crippen LogP contribution in [-0.2, 0) is 20.9 Å². The lowest BCUT2D eigenvalue weighted by Crippen LogP contribution is -2.51. The summed E-state index contributed by atoms with van der Waals surface area (Å²) in [6.07, 6.45) is 1.70. The van der Waals surface area contributed by atoms with Gasteiger partial charge in [0, 0.05) is 30.5 Å². The molecule has 0 amide bonds. The van der Waals surface area contributed by atoms with Crippen LogP contribution in [0, 0.1) is 13.8 Å². The first kappa shape index (κ1) is 39.7. The van der Waals surface area contributed by atoms with Gasteiger partial charge in [0.25, 0.3) is 10.0 Å². The van der Waals surface area contributed by atoms with Crippen LogP contribution >= 0.6 is 27.5 Å². The molecule has 0 saturated heterocycles. The molecule has 0 radical (unpaired) electrons. The van der Waals surface area contributed by atoms with Gasteiger partial charge in [-0.2, -0.15) is 13.2 Å². The molecule has 0 bridgehead atoms. The Labute approximate surface area is 294 Å². The Morgan fingerprint density at radius 3 is 2.15 bits per heavy atom. The largest absolute Gasteiger partial charge is 0.417 e. The number of aldehydes is 1. The van der Waals surface area contributed by atoms with Gasteiger partial charge < -0.3 is 8.97 Å². The second-order valence-electron chi connectivity index (χ2n) is 12.5. The number of fused-ring (bicyclic) bond motifs is 1. The van der Waals surface area contributed by atoms with Crippen LogP contribution in [0.2, 0.25) is 21.6 Å². The maximum Gasteiger partial charge on any atom is 0.417 e. The normalized spacial score (nSPS) is 12.5. The third-order valence-corrected chi connectivity index (χ3v) is 18.0. The van der Waals surface area contributed by atoms with Crippen molar-refractivity contribution >= 4 is 68.8 Å². The number of methoxy groups -OCH3 is 1. The van der Waals surface area contributed by atoms with Gasteiger partial charge in [-0.3, -0.25) is 4.79 Å². The minimum Gasteiger partial charge on any atom is -0.363 e. The molecule has 48 heavy (non-hydrogen) atoms. The first-order valence-electron chi connectivity index (χ1n) is 15.2. The van der Waals surface area contributed by atoms with Gasteiger partial charge in [-0.25, -0.2) is 22.7 Å². The fourth-order valence-electron chi connectivity index (χ4n) is 6.62. The number of halogens is 5. The van der Waals surface area contributed by atoms with Crippen LogP contribution < -0.4 is 4.31 Å². The molecule has 3 aromatic heterocycles. The van der Waals surface area contributed by atoms with Gasteiger partial charge in [-0.1, -0.05) is 53.1 Å². The van der Waals surface area contributed by atoms with Crippen LogP contribution in [0.25, 0.3) is 11.0 Å². The molecule has 3 heterocycles. The van der Waals surface area contributed by atoms with Crippen LogP contribution in [0.3, 0.4) is 0 Å². The summed E-state index contributed by atoms with van der Waals surface area (Å²) in [6, 6.07) is 6.00. The molecule has 4 aromatic rings. The molecule has 0 spiro atoms. The average molecular weight is 790 g/mol. The summed E-state index contributed by atoms with van der Waals surface area (Å²) in [6.45, 7) is 17.3. The van der Waals surface area contributed by atoms with E-state index < -0.39 is 46.6 Å². The number of alkyl halides is 3. The lowest BCUT2D eigenvalue weighted by atomic mass is 10.1. The van der Waals surface area contributed by atoms with E-state index in [2.05, 4.69) is 79.0 Å². The summed E-state index contributed by atoms with van der Waals surface area (Å²) >= 11 is 8.71. The van der Waals surface area contributed by atoms with E-state index in [1.54, 1.807) is 6.92 Å². The zero-order chi connectivity index (χ0) is 36.4. The summed E-state index contributed by atoms with van der Waals surface area (Å²) < 4.78 is 73.5. The van der Waals surface area contributed by atoms with Crippen molar-refractivity contribution in [2.24, 2.45) is 0 Å². The number of pyridine rings is 2. The summed E-state index contributed by atoms with van der Waals surface area (Å²) in [5, 5.41) is 0.405. The van der Waals surface area contributed by atoms with E-state index in [0.717, 1.165) is 44.9 Å². The highest BCUT2D eigenvalue weighted by Gasteiger charge is 2.46. The van der Waals surface area contributed by atoms with E-state index in [1.807, 2.05) is 13.1 Å². The van der Waals surface area contributed by atoms with Crippen LogP contribution in [-0.4, -0.2) is 51.0 Å². The van der Waals surface area contributed by atoms with E-state index in [-0.39, 0.29) is 10.3 Å². The maximum absolute atomic E-state index is 13.1. The number of ether oxygens (including phenoxy) is 1. The molecule has 0 saturated carbocycles. The highest BCUT2D eigenvalue weighted by Crippen LogP contribution is 2.44. The smallest absolute Gasteiger partial charge is 0.363 e. The molecule has 0 aliphatic rings. The molecule has 15 heteroatoms. The Hall–Kier alpha value is -2.78. The molecule has 0 atom stereocenters. The van der Waals surface area contributed by atoms with E-state index in [4.69, 9.17) is 21.3 Å². The lowest BCUT2D eigenvalue weighted by molar-refractivity contribution is -0.137. The molecule has 4 rings (SSSR count). The van der Waals surface area contributed by atoms with Crippen LogP contribution in [0.1, 0.15) is 68.6 Å². The molecular weight excluding hydrogens is 749 g/mol. The van der Waals surface area contributed by atoms with Gasteiger partial charge >= 0.3 is 6.18 Å².